The fourth-order valence-electron chi connectivity index (χ4n) is 1.35. The molecule has 0 aromatic carbocycles. The third-order valence-electron chi connectivity index (χ3n) is 2.46. The van der Waals surface area contributed by atoms with Gasteiger partial charge in [-0.2, -0.15) is 0 Å². The number of anilines is 1. The second kappa shape index (κ2) is 5.12. The summed E-state index contributed by atoms with van der Waals surface area (Å²) in [4.78, 5) is 11.7. The summed E-state index contributed by atoms with van der Waals surface area (Å²) in [6.07, 6.45) is 0.651. The van der Waals surface area contributed by atoms with E-state index in [1.165, 1.54) is 0 Å². The van der Waals surface area contributed by atoms with Crippen molar-refractivity contribution in [1.82, 2.24) is 5.16 Å². The number of nitrogens with one attached hydrogen (secondary N) is 1. The lowest BCUT2D eigenvalue weighted by Crippen LogP contribution is -2.36. The van der Waals surface area contributed by atoms with Gasteiger partial charge in [-0.25, -0.2) is 0 Å². The highest BCUT2D eigenvalue weighted by atomic mass is 16.5. The maximum atomic E-state index is 11.7. The number of aromatic nitrogens is 1. The molecule has 0 aliphatic heterocycles. The van der Waals surface area contributed by atoms with Gasteiger partial charge in [0.15, 0.2) is 0 Å². The van der Waals surface area contributed by atoms with Gasteiger partial charge in [-0.3, -0.25) is 10.1 Å². The number of nitrogens with two attached hydrogens (primary N) is 1. The second-order valence-electron chi connectivity index (χ2n) is 4.45. The third kappa shape index (κ3) is 3.06. The largest absolute Gasteiger partial charge is 0.338 e. The lowest BCUT2D eigenvalue weighted by Gasteiger charge is -2.12. The van der Waals surface area contributed by atoms with E-state index in [9.17, 15) is 4.79 Å². The van der Waals surface area contributed by atoms with E-state index in [0.29, 0.717) is 18.2 Å². The molecule has 5 nitrogen and oxygen atoms in total. The van der Waals surface area contributed by atoms with E-state index in [1.807, 2.05) is 27.7 Å². The number of aryl methyl sites for hydroxylation is 1. The van der Waals surface area contributed by atoms with Gasteiger partial charge in [0, 0.05) is 5.56 Å². The molecule has 0 saturated carbocycles. The fourth-order valence-corrected chi connectivity index (χ4v) is 1.35. The van der Waals surface area contributed by atoms with E-state index >= 15 is 0 Å². The Morgan fingerprint density at radius 2 is 2.12 bits per heavy atom. The molecule has 16 heavy (non-hydrogen) atoms. The molecule has 1 atom stereocenters. The number of carbonyl (C=O) groups excluding carboxylic acids is 1. The highest BCUT2D eigenvalue weighted by molar-refractivity contribution is 5.94. The van der Waals surface area contributed by atoms with Crippen molar-refractivity contribution in [3.05, 3.63) is 11.3 Å². The van der Waals surface area contributed by atoms with Crippen molar-refractivity contribution in [1.29, 1.82) is 0 Å². The van der Waals surface area contributed by atoms with Crippen LogP contribution in [0.1, 0.15) is 31.5 Å². The lowest BCUT2D eigenvalue weighted by atomic mass is 10.0. The monoisotopic (exact) mass is 225 g/mol. The minimum Gasteiger partial charge on any atom is -0.338 e. The van der Waals surface area contributed by atoms with Crippen LogP contribution in [0.3, 0.4) is 0 Å². The zero-order chi connectivity index (χ0) is 12.3. The van der Waals surface area contributed by atoms with E-state index in [0.717, 1.165) is 11.3 Å². The van der Waals surface area contributed by atoms with Gasteiger partial charge in [0.2, 0.25) is 11.8 Å². The van der Waals surface area contributed by atoms with Crippen LogP contribution in [0.15, 0.2) is 4.52 Å². The summed E-state index contributed by atoms with van der Waals surface area (Å²) in [5.74, 6) is 0.549. The summed E-state index contributed by atoms with van der Waals surface area (Å²) in [5, 5.41) is 6.40. The summed E-state index contributed by atoms with van der Waals surface area (Å²) < 4.78 is 4.98. The molecule has 0 spiro atoms. The molecular weight excluding hydrogens is 206 g/mol. The van der Waals surface area contributed by atoms with Gasteiger partial charge in [-0.15, -0.1) is 0 Å². The molecule has 0 fully saturated rings. The molecule has 0 bridgehead atoms. The zero-order valence-corrected chi connectivity index (χ0v) is 10.2. The molecule has 0 unspecified atom stereocenters. The Hall–Kier alpha value is -1.36. The van der Waals surface area contributed by atoms with E-state index in [2.05, 4.69) is 10.5 Å². The average molecular weight is 225 g/mol. The van der Waals surface area contributed by atoms with E-state index in [4.69, 9.17) is 10.3 Å². The number of hydrogen-bond donors (Lipinski definition) is 2. The molecule has 1 aromatic heterocycles. The molecule has 90 valence electrons. The van der Waals surface area contributed by atoms with Crippen molar-refractivity contribution < 1.29 is 9.32 Å². The molecular formula is C11H19N3O2. The van der Waals surface area contributed by atoms with E-state index < -0.39 is 6.04 Å². The number of hydrogen-bond acceptors (Lipinski definition) is 4. The molecule has 1 amide bonds. The van der Waals surface area contributed by atoms with Gasteiger partial charge in [-0.05, 0) is 26.2 Å². The van der Waals surface area contributed by atoms with Crippen molar-refractivity contribution in [2.24, 2.45) is 11.7 Å². The van der Waals surface area contributed by atoms with E-state index in [-0.39, 0.29) is 5.91 Å². The average Bonchev–Trinajstić information content (AvgIpc) is 2.48. The Kier molecular flexibility index (Phi) is 4.06. The van der Waals surface area contributed by atoms with Crippen LogP contribution < -0.4 is 11.1 Å². The highest BCUT2D eigenvalue weighted by Gasteiger charge is 2.18. The van der Waals surface area contributed by atoms with Gasteiger partial charge < -0.3 is 10.3 Å². The molecule has 1 aromatic rings. The third-order valence-corrected chi connectivity index (χ3v) is 2.46. The van der Waals surface area contributed by atoms with Crippen LogP contribution in [0.2, 0.25) is 0 Å². The summed E-state index contributed by atoms with van der Waals surface area (Å²) in [6.45, 7) is 7.71. The molecule has 0 aliphatic carbocycles. The summed E-state index contributed by atoms with van der Waals surface area (Å²) >= 11 is 0. The molecule has 0 aliphatic rings. The lowest BCUT2D eigenvalue weighted by molar-refractivity contribution is -0.117. The van der Waals surface area contributed by atoms with Gasteiger partial charge in [0.05, 0.1) is 11.7 Å². The van der Waals surface area contributed by atoms with Crippen molar-refractivity contribution in [3.63, 3.8) is 0 Å². The SMILES string of the molecule is Cc1noc(NC(=O)[C@@H](N)CC(C)C)c1C. The first-order valence-corrected chi connectivity index (χ1v) is 5.41. The Balaban J connectivity index is 2.61. The van der Waals surface area contributed by atoms with Crippen LogP contribution in [0.25, 0.3) is 0 Å². The first-order chi connectivity index (χ1) is 7.41. The first-order valence-electron chi connectivity index (χ1n) is 5.41. The number of carbonyl (C=O) groups is 1. The predicted octanol–water partition coefficient (Wildman–Crippen LogP) is 1.60. The zero-order valence-electron chi connectivity index (χ0n) is 10.2. The summed E-state index contributed by atoms with van der Waals surface area (Å²) in [5.41, 5.74) is 7.36. The molecule has 3 N–H and O–H groups in total. The van der Waals surface area contributed by atoms with Gasteiger partial charge in [0.1, 0.15) is 0 Å². The number of rotatable bonds is 4. The Bertz CT molecular complexity index is 371. The number of amides is 1. The van der Waals surface area contributed by atoms with Crippen LogP contribution >= 0.6 is 0 Å². The van der Waals surface area contributed by atoms with Gasteiger partial charge in [-0.1, -0.05) is 19.0 Å². The minimum atomic E-state index is -0.509. The first kappa shape index (κ1) is 12.7. The Morgan fingerprint density at radius 1 is 1.50 bits per heavy atom. The van der Waals surface area contributed by atoms with Crippen LogP contribution in [0.5, 0.6) is 0 Å². The molecule has 1 rings (SSSR count). The number of nitrogens with zero attached hydrogens (tertiary/aromatic N) is 1. The minimum absolute atomic E-state index is 0.229. The van der Waals surface area contributed by atoms with Crippen LogP contribution in [0.4, 0.5) is 5.88 Å². The second-order valence-corrected chi connectivity index (χ2v) is 4.45. The van der Waals surface area contributed by atoms with Crippen LogP contribution in [0, 0.1) is 19.8 Å². The smallest absolute Gasteiger partial charge is 0.243 e. The standard InChI is InChI=1S/C11H19N3O2/c1-6(2)5-9(12)10(15)13-11-7(3)8(4)14-16-11/h6,9H,5,12H2,1-4H3,(H,13,15)/t9-/m0/s1. The quantitative estimate of drug-likeness (QED) is 0.815. The Morgan fingerprint density at radius 3 is 2.56 bits per heavy atom. The van der Waals surface area contributed by atoms with Crippen LogP contribution in [-0.4, -0.2) is 17.1 Å². The normalized spacial score (nSPS) is 12.9. The van der Waals surface area contributed by atoms with Crippen molar-refractivity contribution in [2.45, 2.75) is 40.2 Å². The van der Waals surface area contributed by atoms with Crippen molar-refractivity contribution in [2.75, 3.05) is 5.32 Å². The molecule has 0 saturated heterocycles. The molecule has 5 heteroatoms. The maximum absolute atomic E-state index is 11.7. The molecule has 1 heterocycles. The predicted molar refractivity (Wildman–Crippen MR) is 62.0 cm³/mol. The Labute approximate surface area is 95.4 Å². The van der Waals surface area contributed by atoms with E-state index in [1.54, 1.807) is 0 Å². The topological polar surface area (TPSA) is 81.2 Å². The highest BCUT2D eigenvalue weighted by Crippen LogP contribution is 2.17. The van der Waals surface area contributed by atoms with Crippen molar-refractivity contribution >= 4 is 11.8 Å². The fraction of sp³-hybridized carbons (Fsp3) is 0.636. The summed E-state index contributed by atoms with van der Waals surface area (Å²) in [6, 6.07) is -0.509. The van der Waals surface area contributed by atoms with Crippen molar-refractivity contribution in [3.8, 4) is 0 Å². The van der Waals surface area contributed by atoms with Gasteiger partial charge >= 0.3 is 0 Å². The summed E-state index contributed by atoms with van der Waals surface area (Å²) in [7, 11) is 0. The van der Waals surface area contributed by atoms with Gasteiger partial charge in [0.25, 0.3) is 0 Å². The van der Waals surface area contributed by atoms with Crippen LogP contribution in [-0.2, 0) is 4.79 Å². The maximum Gasteiger partial charge on any atom is 0.243 e. The molecule has 0 radical (unpaired) electrons.